The van der Waals surface area contributed by atoms with Crippen LogP contribution in [0.2, 0.25) is 0 Å². The topological polar surface area (TPSA) is 59.3 Å². The van der Waals surface area contributed by atoms with Crippen molar-refractivity contribution >= 4 is 11.6 Å². The Morgan fingerprint density at radius 2 is 2.00 bits per heavy atom. The highest BCUT2D eigenvalue weighted by molar-refractivity contribution is 6.00. The monoisotopic (exact) mass is 474 g/mol. The highest BCUT2D eigenvalue weighted by Crippen LogP contribution is 2.35. The van der Waals surface area contributed by atoms with Gasteiger partial charge in [-0.05, 0) is 37.2 Å². The molecule has 4 heterocycles. The lowest BCUT2D eigenvalue weighted by atomic mass is 9.94. The smallest absolute Gasteiger partial charge is 0.406 e. The summed E-state index contributed by atoms with van der Waals surface area (Å²) in [7, 11) is 3.49. The third-order valence-electron chi connectivity index (χ3n) is 6.33. The molecule has 2 aromatic heterocycles. The average Bonchev–Trinajstić information content (AvgIpc) is 3.19. The highest BCUT2D eigenvalue weighted by Gasteiger charge is 2.37. The Hall–Kier alpha value is -3.27. The first-order valence-corrected chi connectivity index (χ1v) is 11.1. The molecule has 10 heteroatoms. The standard InChI is InChI=1S/C24H25F3N4O3/c1-29-11-15(12-29)13-34-18-4-6-31-19(10-28-21(31)9-18)17-7-16-3-5-30(14-24(25,26)27)23(32)22(16)20(8-17)33-2/h4,6-10,15H,3,5,11-14H2,1-2H3. The van der Waals surface area contributed by atoms with Gasteiger partial charge in [0.2, 0.25) is 0 Å². The van der Waals surface area contributed by atoms with E-state index in [1.807, 2.05) is 28.8 Å². The molecule has 0 bridgehead atoms. The van der Waals surface area contributed by atoms with Crippen molar-refractivity contribution in [1.82, 2.24) is 19.2 Å². The molecule has 7 nitrogen and oxygen atoms in total. The zero-order chi connectivity index (χ0) is 24.0. The molecule has 0 saturated carbocycles. The Kier molecular flexibility index (Phi) is 5.63. The summed E-state index contributed by atoms with van der Waals surface area (Å²) in [6.45, 7) is 1.46. The van der Waals surface area contributed by atoms with E-state index in [1.165, 1.54) is 7.11 Å². The maximum atomic E-state index is 12.9. The Morgan fingerprint density at radius 3 is 2.71 bits per heavy atom. The molecule has 2 aliphatic heterocycles. The quantitative estimate of drug-likeness (QED) is 0.547. The van der Waals surface area contributed by atoms with Crippen LogP contribution in [0.1, 0.15) is 15.9 Å². The van der Waals surface area contributed by atoms with Gasteiger partial charge < -0.3 is 19.3 Å². The van der Waals surface area contributed by atoms with Crippen molar-refractivity contribution in [3.8, 4) is 22.8 Å². The summed E-state index contributed by atoms with van der Waals surface area (Å²) in [5.74, 6) is 0.871. The van der Waals surface area contributed by atoms with Gasteiger partial charge in [-0.2, -0.15) is 13.2 Å². The van der Waals surface area contributed by atoms with Crippen LogP contribution in [0.15, 0.2) is 36.7 Å². The van der Waals surface area contributed by atoms with Crippen LogP contribution in [-0.4, -0.2) is 78.2 Å². The van der Waals surface area contributed by atoms with Crippen molar-refractivity contribution in [2.24, 2.45) is 5.92 Å². The molecular weight excluding hydrogens is 449 g/mol. The van der Waals surface area contributed by atoms with Gasteiger partial charge in [-0.1, -0.05) is 0 Å². The summed E-state index contributed by atoms with van der Waals surface area (Å²) in [4.78, 5) is 20.3. The van der Waals surface area contributed by atoms with Gasteiger partial charge in [-0.25, -0.2) is 4.98 Å². The van der Waals surface area contributed by atoms with Gasteiger partial charge in [-0.3, -0.25) is 9.20 Å². The average molecular weight is 474 g/mol. The van der Waals surface area contributed by atoms with Crippen molar-refractivity contribution in [3.05, 3.63) is 47.8 Å². The number of benzene rings is 1. The molecule has 0 unspecified atom stereocenters. The van der Waals surface area contributed by atoms with Crippen molar-refractivity contribution in [3.63, 3.8) is 0 Å². The second-order valence-electron chi connectivity index (χ2n) is 8.94. The van der Waals surface area contributed by atoms with Gasteiger partial charge in [0.05, 0.1) is 31.2 Å². The molecule has 5 rings (SSSR count). The molecule has 0 atom stereocenters. The van der Waals surface area contributed by atoms with Crippen molar-refractivity contribution in [1.29, 1.82) is 0 Å². The number of hydrogen-bond donors (Lipinski definition) is 0. The number of nitrogens with zero attached hydrogens (tertiary/aromatic N) is 4. The lowest BCUT2D eigenvalue weighted by Gasteiger charge is -2.35. The molecule has 1 fully saturated rings. The second-order valence-corrected chi connectivity index (χ2v) is 8.94. The zero-order valence-corrected chi connectivity index (χ0v) is 18.9. The third-order valence-corrected chi connectivity index (χ3v) is 6.33. The zero-order valence-electron chi connectivity index (χ0n) is 18.9. The molecule has 0 aliphatic carbocycles. The summed E-state index contributed by atoms with van der Waals surface area (Å²) >= 11 is 0. The van der Waals surface area contributed by atoms with Gasteiger partial charge in [0.15, 0.2) is 0 Å². The number of pyridine rings is 1. The molecule has 0 radical (unpaired) electrons. The summed E-state index contributed by atoms with van der Waals surface area (Å²) in [5.41, 5.74) is 3.12. The summed E-state index contributed by atoms with van der Waals surface area (Å²) < 4.78 is 51.9. The first-order chi connectivity index (χ1) is 16.2. The maximum Gasteiger partial charge on any atom is 0.406 e. The lowest BCUT2D eigenvalue weighted by molar-refractivity contribution is -0.141. The molecule has 180 valence electrons. The molecular formula is C24H25F3N4O3. The second kappa shape index (κ2) is 8.50. The number of methoxy groups -OCH3 is 1. The number of alkyl halides is 3. The number of imidazole rings is 1. The Bertz CT molecular complexity index is 1220. The van der Waals surface area contributed by atoms with E-state index in [1.54, 1.807) is 12.3 Å². The normalized spacial score (nSPS) is 17.1. The van der Waals surface area contributed by atoms with Gasteiger partial charge >= 0.3 is 6.18 Å². The number of hydrogen-bond acceptors (Lipinski definition) is 5. The predicted octanol–water partition coefficient (Wildman–Crippen LogP) is 3.51. The number of fused-ring (bicyclic) bond motifs is 2. The number of amides is 1. The summed E-state index contributed by atoms with van der Waals surface area (Å²) in [5, 5.41) is 0. The van der Waals surface area contributed by atoms with E-state index in [9.17, 15) is 18.0 Å². The predicted molar refractivity (Wildman–Crippen MR) is 119 cm³/mol. The van der Waals surface area contributed by atoms with Gasteiger partial charge in [0, 0.05) is 43.4 Å². The number of rotatable bonds is 6. The maximum absolute atomic E-state index is 12.9. The minimum absolute atomic E-state index is 0.00257. The molecule has 1 aromatic carbocycles. The van der Waals surface area contributed by atoms with E-state index in [0.717, 1.165) is 35.0 Å². The minimum Gasteiger partial charge on any atom is -0.496 e. The number of likely N-dealkylation sites (tertiary alicyclic amines) is 1. The SMILES string of the molecule is COc1cc(-c2cnc3cc(OCC4CN(C)C4)ccn23)cc2c1C(=O)N(CC(F)(F)F)CC2. The highest BCUT2D eigenvalue weighted by atomic mass is 19.4. The molecule has 3 aromatic rings. The van der Waals surface area contributed by atoms with Crippen LogP contribution in [0.25, 0.3) is 16.9 Å². The number of ether oxygens (including phenoxy) is 2. The molecule has 0 spiro atoms. The molecule has 0 N–H and O–H groups in total. The van der Waals surface area contributed by atoms with E-state index in [-0.39, 0.29) is 17.9 Å². The van der Waals surface area contributed by atoms with Crippen LogP contribution < -0.4 is 9.47 Å². The van der Waals surface area contributed by atoms with Gasteiger partial charge in [-0.15, -0.1) is 0 Å². The lowest BCUT2D eigenvalue weighted by Crippen LogP contribution is -2.46. The van der Waals surface area contributed by atoms with Gasteiger partial charge in [0.25, 0.3) is 5.91 Å². The van der Waals surface area contributed by atoms with E-state index >= 15 is 0 Å². The van der Waals surface area contributed by atoms with Crippen LogP contribution in [0.3, 0.4) is 0 Å². The van der Waals surface area contributed by atoms with Crippen molar-refractivity contribution in [2.45, 2.75) is 12.6 Å². The first-order valence-electron chi connectivity index (χ1n) is 11.1. The Morgan fingerprint density at radius 1 is 1.21 bits per heavy atom. The van der Waals surface area contributed by atoms with Crippen LogP contribution >= 0.6 is 0 Å². The van der Waals surface area contributed by atoms with Crippen LogP contribution in [0, 0.1) is 5.92 Å². The number of halogens is 3. The van der Waals surface area contributed by atoms with E-state index in [0.29, 0.717) is 30.2 Å². The molecule has 1 amide bonds. The molecule has 34 heavy (non-hydrogen) atoms. The summed E-state index contributed by atoms with van der Waals surface area (Å²) in [6.07, 6.45) is -0.538. The Balaban J connectivity index is 1.42. The minimum atomic E-state index is -4.45. The van der Waals surface area contributed by atoms with Crippen LogP contribution in [0.4, 0.5) is 13.2 Å². The van der Waals surface area contributed by atoms with E-state index in [2.05, 4.69) is 16.9 Å². The number of aromatic nitrogens is 2. The fraction of sp³-hybridized carbons (Fsp3) is 0.417. The molecule has 1 saturated heterocycles. The largest absolute Gasteiger partial charge is 0.496 e. The first kappa shape index (κ1) is 22.5. The third kappa shape index (κ3) is 4.29. The Labute approximate surface area is 194 Å². The fourth-order valence-electron chi connectivity index (χ4n) is 4.72. The number of carbonyl (C=O) groups excluding carboxylic acids is 1. The van der Waals surface area contributed by atoms with Crippen molar-refractivity contribution in [2.75, 3.05) is 46.9 Å². The van der Waals surface area contributed by atoms with Gasteiger partial charge in [0.1, 0.15) is 23.7 Å². The van der Waals surface area contributed by atoms with E-state index in [4.69, 9.17) is 9.47 Å². The van der Waals surface area contributed by atoms with Crippen LogP contribution in [0.5, 0.6) is 11.5 Å². The number of carbonyl (C=O) groups is 1. The van der Waals surface area contributed by atoms with E-state index < -0.39 is 18.6 Å². The van der Waals surface area contributed by atoms with Crippen molar-refractivity contribution < 1.29 is 27.4 Å². The fourth-order valence-corrected chi connectivity index (χ4v) is 4.72. The summed E-state index contributed by atoms with van der Waals surface area (Å²) in [6, 6.07) is 7.27. The van der Waals surface area contributed by atoms with Crippen LogP contribution in [-0.2, 0) is 6.42 Å². The molecule has 2 aliphatic rings.